The molecule has 0 atom stereocenters. The van der Waals surface area contributed by atoms with E-state index in [4.69, 9.17) is 4.42 Å². The number of nitriles is 1. The van der Waals surface area contributed by atoms with Crippen LogP contribution in [-0.4, -0.2) is 21.0 Å². The fourth-order valence-corrected chi connectivity index (χ4v) is 4.21. The van der Waals surface area contributed by atoms with Crippen LogP contribution in [0.2, 0.25) is 0 Å². The van der Waals surface area contributed by atoms with E-state index in [-0.39, 0.29) is 5.57 Å². The van der Waals surface area contributed by atoms with E-state index < -0.39 is 5.91 Å². The van der Waals surface area contributed by atoms with Gasteiger partial charge in [-0.3, -0.25) is 10.1 Å². The van der Waals surface area contributed by atoms with Gasteiger partial charge in [0.1, 0.15) is 17.4 Å². The van der Waals surface area contributed by atoms with Crippen molar-refractivity contribution in [3.8, 4) is 6.07 Å². The number of nitrogens with zero attached hydrogens (tertiary/aromatic N) is 3. The van der Waals surface area contributed by atoms with Crippen LogP contribution in [0, 0.1) is 11.3 Å². The Morgan fingerprint density at radius 3 is 2.86 bits per heavy atom. The molecule has 0 aliphatic rings. The van der Waals surface area contributed by atoms with E-state index in [1.165, 1.54) is 23.4 Å². The van der Waals surface area contributed by atoms with Gasteiger partial charge < -0.3 is 4.42 Å². The average molecular weight is 429 g/mol. The quantitative estimate of drug-likeness (QED) is 0.304. The summed E-state index contributed by atoms with van der Waals surface area (Å²) >= 11 is 4.12. The standard InChI is InChI=1S/C19H16N4O2S3/c1-2-26-19-22-18(28-23-19)21-17(24)14(11-20)10-15-8-9-16(25-15)27-12-13-6-4-3-5-7-13/h3-10H,2,12H2,1H3,(H,21,22,23,24)/b14-10-. The molecular formula is C19H16N4O2S3. The largest absolute Gasteiger partial charge is 0.450 e. The number of nitrogens with one attached hydrogen (secondary N) is 1. The van der Waals surface area contributed by atoms with Gasteiger partial charge in [0, 0.05) is 23.4 Å². The van der Waals surface area contributed by atoms with Crippen LogP contribution in [-0.2, 0) is 10.5 Å². The van der Waals surface area contributed by atoms with Gasteiger partial charge in [-0.25, -0.2) is 0 Å². The summed E-state index contributed by atoms with van der Waals surface area (Å²) in [6.07, 6.45) is 1.42. The number of hydrogen-bond acceptors (Lipinski definition) is 8. The molecule has 1 aromatic carbocycles. The summed E-state index contributed by atoms with van der Waals surface area (Å²) < 4.78 is 9.83. The van der Waals surface area contributed by atoms with Crippen molar-refractivity contribution in [1.29, 1.82) is 5.26 Å². The van der Waals surface area contributed by atoms with E-state index in [1.807, 2.05) is 49.4 Å². The summed E-state index contributed by atoms with van der Waals surface area (Å²) in [5.41, 5.74) is 1.13. The van der Waals surface area contributed by atoms with Crippen LogP contribution in [0.4, 0.5) is 5.13 Å². The molecule has 0 saturated heterocycles. The first-order valence-electron chi connectivity index (χ1n) is 8.34. The number of benzene rings is 1. The molecule has 6 nitrogen and oxygen atoms in total. The summed E-state index contributed by atoms with van der Waals surface area (Å²) in [7, 11) is 0. The SMILES string of the molecule is CCSc1nsc(NC(=O)/C(C#N)=C\c2ccc(SCc3ccccc3)o2)n1. The van der Waals surface area contributed by atoms with Crippen LogP contribution < -0.4 is 5.32 Å². The van der Waals surface area contributed by atoms with Gasteiger partial charge in [-0.05, 0) is 23.4 Å². The molecule has 3 aromatic rings. The summed E-state index contributed by atoms with van der Waals surface area (Å²) in [6.45, 7) is 2.00. The summed E-state index contributed by atoms with van der Waals surface area (Å²) in [6, 6.07) is 15.5. The first kappa shape index (κ1) is 20.2. The molecule has 0 unspecified atom stereocenters. The first-order valence-corrected chi connectivity index (χ1v) is 11.1. The topological polar surface area (TPSA) is 91.8 Å². The van der Waals surface area contributed by atoms with Crippen LogP contribution >= 0.6 is 35.1 Å². The van der Waals surface area contributed by atoms with Crippen LogP contribution in [0.5, 0.6) is 0 Å². The van der Waals surface area contributed by atoms with Crippen LogP contribution in [0.1, 0.15) is 18.2 Å². The normalized spacial score (nSPS) is 11.2. The van der Waals surface area contributed by atoms with Gasteiger partial charge in [0.2, 0.25) is 10.3 Å². The third kappa shape index (κ3) is 5.73. The first-order chi connectivity index (χ1) is 13.7. The minimum absolute atomic E-state index is 0.0612. The van der Waals surface area contributed by atoms with Crippen LogP contribution in [0.3, 0.4) is 0 Å². The minimum Gasteiger partial charge on any atom is -0.450 e. The lowest BCUT2D eigenvalue weighted by atomic mass is 10.2. The van der Waals surface area contributed by atoms with E-state index in [1.54, 1.807) is 17.8 Å². The third-order valence-corrected chi connectivity index (χ3v) is 5.84. The predicted molar refractivity (Wildman–Crippen MR) is 113 cm³/mol. The Hall–Kier alpha value is -2.54. The van der Waals surface area contributed by atoms with Crippen LogP contribution in [0.25, 0.3) is 6.08 Å². The molecule has 0 fully saturated rings. The molecule has 1 amide bonds. The van der Waals surface area contributed by atoms with Crippen molar-refractivity contribution in [2.45, 2.75) is 22.9 Å². The van der Waals surface area contributed by atoms with Gasteiger partial charge in [0.15, 0.2) is 5.09 Å². The van der Waals surface area contributed by atoms with Crippen molar-refractivity contribution in [2.24, 2.45) is 0 Å². The van der Waals surface area contributed by atoms with Crippen molar-refractivity contribution >= 4 is 52.2 Å². The Kier molecular flexibility index (Phi) is 7.31. The molecule has 3 rings (SSSR count). The number of anilines is 1. The second-order valence-corrected chi connectivity index (χ2v) is 8.33. The average Bonchev–Trinajstić information content (AvgIpc) is 3.35. The van der Waals surface area contributed by atoms with E-state index in [2.05, 4.69) is 14.7 Å². The Bertz CT molecular complexity index is 1010. The minimum atomic E-state index is -0.540. The highest BCUT2D eigenvalue weighted by atomic mass is 32.2. The summed E-state index contributed by atoms with van der Waals surface area (Å²) in [5.74, 6) is 1.53. The van der Waals surface area contributed by atoms with E-state index in [0.29, 0.717) is 16.0 Å². The van der Waals surface area contributed by atoms with Crippen molar-refractivity contribution in [1.82, 2.24) is 9.36 Å². The molecule has 0 aliphatic heterocycles. The molecule has 2 aromatic heterocycles. The highest BCUT2D eigenvalue weighted by molar-refractivity contribution is 7.99. The number of furan rings is 1. The molecule has 0 aliphatic carbocycles. The van der Waals surface area contributed by atoms with Gasteiger partial charge in [-0.15, -0.1) is 0 Å². The Balaban J connectivity index is 1.62. The lowest BCUT2D eigenvalue weighted by Crippen LogP contribution is -2.13. The molecule has 9 heteroatoms. The fourth-order valence-electron chi connectivity index (χ4n) is 2.12. The summed E-state index contributed by atoms with van der Waals surface area (Å²) in [4.78, 5) is 16.5. The van der Waals surface area contributed by atoms with Gasteiger partial charge in [0.05, 0.1) is 0 Å². The van der Waals surface area contributed by atoms with Gasteiger partial charge in [-0.1, -0.05) is 60.8 Å². The van der Waals surface area contributed by atoms with E-state index in [9.17, 15) is 10.1 Å². The third-order valence-electron chi connectivity index (χ3n) is 3.38. The lowest BCUT2D eigenvalue weighted by Gasteiger charge is -1.99. The highest BCUT2D eigenvalue weighted by Crippen LogP contribution is 2.26. The zero-order valence-corrected chi connectivity index (χ0v) is 17.4. The number of aromatic nitrogens is 2. The Morgan fingerprint density at radius 2 is 2.11 bits per heavy atom. The maximum absolute atomic E-state index is 12.3. The number of thioether (sulfide) groups is 2. The zero-order chi connectivity index (χ0) is 19.8. The van der Waals surface area contributed by atoms with Gasteiger partial charge in [0.25, 0.3) is 5.91 Å². The van der Waals surface area contributed by atoms with Gasteiger partial charge >= 0.3 is 0 Å². The molecule has 0 spiro atoms. The molecule has 142 valence electrons. The summed E-state index contributed by atoms with van der Waals surface area (Å²) in [5, 5.41) is 13.6. The number of rotatable bonds is 8. The maximum Gasteiger partial charge on any atom is 0.268 e. The Morgan fingerprint density at radius 1 is 1.29 bits per heavy atom. The maximum atomic E-state index is 12.3. The Labute approximate surface area is 175 Å². The number of carbonyl (C=O) groups excluding carboxylic acids is 1. The molecule has 0 bridgehead atoms. The van der Waals surface area contributed by atoms with Crippen molar-refractivity contribution in [2.75, 3.05) is 11.1 Å². The predicted octanol–water partition coefficient (Wildman–Crippen LogP) is 5.08. The second-order valence-electron chi connectivity index (χ2n) is 5.37. The molecule has 2 heterocycles. The van der Waals surface area contributed by atoms with E-state index in [0.717, 1.165) is 28.1 Å². The van der Waals surface area contributed by atoms with E-state index >= 15 is 0 Å². The van der Waals surface area contributed by atoms with Crippen molar-refractivity contribution < 1.29 is 9.21 Å². The number of hydrogen-bond donors (Lipinski definition) is 1. The second kappa shape index (κ2) is 10.1. The van der Waals surface area contributed by atoms with Crippen molar-refractivity contribution in [3.63, 3.8) is 0 Å². The molecule has 1 N–H and O–H groups in total. The highest BCUT2D eigenvalue weighted by Gasteiger charge is 2.14. The van der Waals surface area contributed by atoms with Crippen LogP contribution in [0.15, 0.2) is 62.7 Å². The smallest absolute Gasteiger partial charge is 0.268 e. The molecular weight excluding hydrogens is 412 g/mol. The monoisotopic (exact) mass is 428 g/mol. The molecule has 0 saturated carbocycles. The molecule has 28 heavy (non-hydrogen) atoms. The molecule has 0 radical (unpaired) electrons. The number of carbonyl (C=O) groups is 1. The number of amides is 1. The lowest BCUT2D eigenvalue weighted by molar-refractivity contribution is -0.112. The fraction of sp³-hybridized carbons (Fsp3) is 0.158. The van der Waals surface area contributed by atoms with Gasteiger partial charge in [-0.2, -0.15) is 14.6 Å². The zero-order valence-electron chi connectivity index (χ0n) is 14.9. The van der Waals surface area contributed by atoms with Crippen molar-refractivity contribution in [3.05, 3.63) is 59.4 Å².